The van der Waals surface area contributed by atoms with Gasteiger partial charge in [-0.05, 0) is 11.4 Å². The number of thiophene rings is 1. The van der Waals surface area contributed by atoms with Crippen molar-refractivity contribution in [3.05, 3.63) is 21.3 Å². The number of rotatable bonds is 3. The number of hydrogen-bond acceptors (Lipinski definition) is 2. The van der Waals surface area contributed by atoms with Crippen molar-refractivity contribution in [2.75, 3.05) is 0 Å². The molecule has 1 heterocycles. The molecule has 1 aromatic heterocycles. The van der Waals surface area contributed by atoms with Gasteiger partial charge in [-0.2, -0.15) is 0 Å². The van der Waals surface area contributed by atoms with Crippen LogP contribution in [0.25, 0.3) is 0 Å². The summed E-state index contributed by atoms with van der Waals surface area (Å²) in [7, 11) is 0. The number of nitrogens with one attached hydrogen (secondary N) is 1. The van der Waals surface area contributed by atoms with Gasteiger partial charge in [0.1, 0.15) is 0 Å². The molecule has 2 nitrogen and oxygen atoms in total. The first kappa shape index (κ1) is 9.55. The molecule has 1 rings (SSSR count). The van der Waals surface area contributed by atoms with E-state index in [9.17, 15) is 4.79 Å². The Bertz CT molecular complexity index is 272. The Hall–Kier alpha value is -0.540. The summed E-state index contributed by atoms with van der Waals surface area (Å²) in [5.41, 5.74) is 0.989. The topological polar surface area (TPSA) is 29.1 Å². The van der Waals surface area contributed by atoms with Gasteiger partial charge in [0.05, 0.1) is 4.34 Å². The zero-order valence-electron chi connectivity index (χ0n) is 6.76. The SMILES string of the molecule is CCC(=O)NCc1ccsc1Cl. The maximum absolute atomic E-state index is 10.9. The van der Waals surface area contributed by atoms with Gasteiger partial charge in [0, 0.05) is 18.5 Å². The van der Waals surface area contributed by atoms with Crippen molar-refractivity contribution < 1.29 is 4.79 Å². The first-order chi connectivity index (χ1) is 5.74. The van der Waals surface area contributed by atoms with E-state index in [-0.39, 0.29) is 5.91 Å². The minimum atomic E-state index is 0.0530. The van der Waals surface area contributed by atoms with E-state index in [2.05, 4.69) is 5.32 Å². The first-order valence-electron chi connectivity index (χ1n) is 3.72. The van der Waals surface area contributed by atoms with Crippen molar-refractivity contribution in [3.63, 3.8) is 0 Å². The van der Waals surface area contributed by atoms with E-state index in [0.29, 0.717) is 13.0 Å². The molecule has 0 atom stereocenters. The smallest absolute Gasteiger partial charge is 0.219 e. The molecule has 0 spiro atoms. The van der Waals surface area contributed by atoms with Crippen LogP contribution in [0.5, 0.6) is 0 Å². The molecule has 0 aromatic carbocycles. The van der Waals surface area contributed by atoms with Crippen LogP contribution in [-0.2, 0) is 11.3 Å². The third-order valence-electron chi connectivity index (χ3n) is 1.49. The molecular formula is C8H10ClNOS. The number of carbonyl (C=O) groups excluding carboxylic acids is 1. The van der Waals surface area contributed by atoms with Crippen molar-refractivity contribution >= 4 is 28.8 Å². The summed E-state index contributed by atoms with van der Waals surface area (Å²) in [5.74, 6) is 0.0530. The molecule has 0 fully saturated rings. The second-order valence-electron chi connectivity index (χ2n) is 2.35. The molecule has 0 aliphatic rings. The van der Waals surface area contributed by atoms with Crippen LogP contribution in [0.3, 0.4) is 0 Å². The molecule has 66 valence electrons. The van der Waals surface area contributed by atoms with Gasteiger partial charge in [0.25, 0.3) is 0 Å². The Kier molecular flexibility index (Phi) is 3.56. The Morgan fingerprint density at radius 2 is 2.50 bits per heavy atom. The maximum atomic E-state index is 10.9. The van der Waals surface area contributed by atoms with Gasteiger partial charge in [-0.3, -0.25) is 4.79 Å². The van der Waals surface area contributed by atoms with Crippen molar-refractivity contribution in [2.45, 2.75) is 19.9 Å². The Morgan fingerprint density at radius 1 is 1.75 bits per heavy atom. The molecule has 1 amide bonds. The fraction of sp³-hybridized carbons (Fsp3) is 0.375. The minimum absolute atomic E-state index is 0.0530. The van der Waals surface area contributed by atoms with E-state index in [4.69, 9.17) is 11.6 Å². The van der Waals surface area contributed by atoms with Crippen LogP contribution in [0.1, 0.15) is 18.9 Å². The van der Waals surface area contributed by atoms with Gasteiger partial charge < -0.3 is 5.32 Å². The average Bonchev–Trinajstić information content (AvgIpc) is 2.47. The lowest BCUT2D eigenvalue weighted by atomic mass is 10.3. The summed E-state index contributed by atoms with van der Waals surface area (Å²) >= 11 is 7.31. The molecule has 1 aromatic rings. The summed E-state index contributed by atoms with van der Waals surface area (Å²) in [6.45, 7) is 2.36. The summed E-state index contributed by atoms with van der Waals surface area (Å²) in [4.78, 5) is 10.9. The molecule has 0 aliphatic carbocycles. The van der Waals surface area contributed by atoms with Crippen LogP contribution in [0.15, 0.2) is 11.4 Å². The van der Waals surface area contributed by atoms with Crippen molar-refractivity contribution in [1.82, 2.24) is 5.32 Å². The van der Waals surface area contributed by atoms with E-state index in [1.807, 2.05) is 18.4 Å². The van der Waals surface area contributed by atoms with Crippen LogP contribution < -0.4 is 5.32 Å². The number of hydrogen-bond donors (Lipinski definition) is 1. The number of amides is 1. The van der Waals surface area contributed by atoms with Gasteiger partial charge in [0.15, 0.2) is 0 Å². The monoisotopic (exact) mass is 203 g/mol. The highest BCUT2D eigenvalue weighted by Gasteiger charge is 2.02. The third kappa shape index (κ3) is 2.50. The highest BCUT2D eigenvalue weighted by molar-refractivity contribution is 7.14. The van der Waals surface area contributed by atoms with Gasteiger partial charge in [0.2, 0.25) is 5.91 Å². The summed E-state index contributed by atoms with van der Waals surface area (Å²) in [6, 6.07) is 1.92. The Balaban J connectivity index is 2.43. The zero-order chi connectivity index (χ0) is 8.97. The maximum Gasteiger partial charge on any atom is 0.219 e. The van der Waals surface area contributed by atoms with Gasteiger partial charge >= 0.3 is 0 Å². The number of carbonyl (C=O) groups is 1. The Morgan fingerprint density at radius 3 is 3.00 bits per heavy atom. The van der Waals surface area contributed by atoms with Crippen molar-refractivity contribution in [2.24, 2.45) is 0 Å². The van der Waals surface area contributed by atoms with Gasteiger partial charge in [-0.1, -0.05) is 18.5 Å². The predicted molar refractivity (Wildman–Crippen MR) is 51.5 cm³/mol. The molecule has 12 heavy (non-hydrogen) atoms. The van der Waals surface area contributed by atoms with Crippen LogP contribution in [-0.4, -0.2) is 5.91 Å². The molecule has 4 heteroatoms. The highest BCUT2D eigenvalue weighted by Crippen LogP contribution is 2.22. The molecule has 0 aliphatic heterocycles. The lowest BCUT2D eigenvalue weighted by molar-refractivity contribution is -0.120. The zero-order valence-corrected chi connectivity index (χ0v) is 8.34. The average molecular weight is 204 g/mol. The second kappa shape index (κ2) is 4.48. The molecule has 0 saturated heterocycles. The quantitative estimate of drug-likeness (QED) is 0.804. The van der Waals surface area contributed by atoms with Gasteiger partial charge in [-0.25, -0.2) is 0 Å². The van der Waals surface area contributed by atoms with Crippen molar-refractivity contribution in [3.8, 4) is 0 Å². The van der Waals surface area contributed by atoms with Gasteiger partial charge in [-0.15, -0.1) is 11.3 Å². The lowest BCUT2D eigenvalue weighted by Crippen LogP contribution is -2.21. The molecule has 1 N–H and O–H groups in total. The molecule has 0 radical (unpaired) electrons. The fourth-order valence-corrected chi connectivity index (χ4v) is 1.69. The predicted octanol–water partition coefficient (Wildman–Crippen LogP) is 2.43. The molecule has 0 unspecified atom stereocenters. The van der Waals surface area contributed by atoms with E-state index in [1.54, 1.807) is 0 Å². The molecular weight excluding hydrogens is 194 g/mol. The summed E-state index contributed by atoms with van der Waals surface area (Å²) in [5, 5.41) is 4.67. The lowest BCUT2D eigenvalue weighted by Gasteiger charge is -2.00. The first-order valence-corrected chi connectivity index (χ1v) is 4.98. The van der Waals surface area contributed by atoms with Crippen LogP contribution in [0, 0.1) is 0 Å². The summed E-state index contributed by atoms with van der Waals surface area (Å²) < 4.78 is 0.756. The second-order valence-corrected chi connectivity index (χ2v) is 3.87. The van der Waals surface area contributed by atoms with Crippen LogP contribution in [0.2, 0.25) is 4.34 Å². The summed E-state index contributed by atoms with van der Waals surface area (Å²) in [6.07, 6.45) is 0.516. The van der Waals surface area contributed by atoms with E-state index < -0.39 is 0 Å². The highest BCUT2D eigenvalue weighted by atomic mass is 35.5. The Labute approximate surface area is 80.5 Å². The normalized spacial score (nSPS) is 9.83. The van der Waals surface area contributed by atoms with E-state index >= 15 is 0 Å². The third-order valence-corrected chi connectivity index (χ3v) is 2.74. The molecule has 0 bridgehead atoms. The van der Waals surface area contributed by atoms with E-state index in [0.717, 1.165) is 9.90 Å². The largest absolute Gasteiger partial charge is 0.352 e. The number of halogens is 1. The molecule has 0 saturated carbocycles. The van der Waals surface area contributed by atoms with Crippen molar-refractivity contribution in [1.29, 1.82) is 0 Å². The van der Waals surface area contributed by atoms with Crippen LogP contribution >= 0.6 is 22.9 Å². The van der Waals surface area contributed by atoms with Crippen LogP contribution in [0.4, 0.5) is 0 Å². The minimum Gasteiger partial charge on any atom is -0.352 e. The fourth-order valence-electron chi connectivity index (χ4n) is 0.764. The van der Waals surface area contributed by atoms with E-state index in [1.165, 1.54) is 11.3 Å². The standard InChI is InChI=1S/C8H10ClNOS/c1-2-7(11)10-5-6-3-4-12-8(6)9/h3-4H,2,5H2,1H3,(H,10,11).